The number of hydrogen-bond donors (Lipinski definition) is 1. The number of aromatic amines is 1. The van der Waals surface area contributed by atoms with Crippen LogP contribution in [0.1, 0.15) is 5.69 Å². The Morgan fingerprint density at radius 2 is 2.00 bits per heavy atom. The van der Waals surface area contributed by atoms with Crippen molar-refractivity contribution < 1.29 is 27.5 Å². The number of rotatable bonds is 7. The molecule has 3 rings (SSSR count). The van der Waals surface area contributed by atoms with E-state index in [-0.39, 0.29) is 54.4 Å². The van der Waals surface area contributed by atoms with E-state index in [1.54, 1.807) is 6.07 Å². The molecule has 0 aliphatic rings. The van der Waals surface area contributed by atoms with Crippen LogP contribution >= 0.6 is 0 Å². The zero-order valence-corrected chi connectivity index (χ0v) is 14.7. The number of halogens is 2. The summed E-state index contributed by atoms with van der Waals surface area (Å²) >= 11 is -1.56. The Morgan fingerprint density at radius 3 is 2.67 bits per heavy atom. The van der Waals surface area contributed by atoms with E-state index < -0.39 is 17.8 Å². The predicted molar refractivity (Wildman–Crippen MR) is 98.7 cm³/mol. The van der Waals surface area contributed by atoms with Crippen molar-refractivity contribution in [1.29, 1.82) is 0 Å². The Morgan fingerprint density at radius 1 is 1.22 bits per heavy atom. The number of ether oxygens (including phenoxy) is 3. The molecule has 7 nitrogen and oxygen atoms in total. The van der Waals surface area contributed by atoms with Crippen molar-refractivity contribution in [1.82, 2.24) is 15.0 Å². The van der Waals surface area contributed by atoms with Crippen LogP contribution in [0.4, 0.5) is 8.78 Å². The second kappa shape index (κ2) is 9.74. The zero-order valence-electron chi connectivity index (χ0n) is 13.9. The van der Waals surface area contributed by atoms with Gasteiger partial charge in [0.15, 0.2) is 17.3 Å². The van der Waals surface area contributed by atoms with Crippen molar-refractivity contribution in [3.05, 3.63) is 36.2 Å². The fraction of sp³-hybridized carbons (Fsp3) is 0.250. The van der Waals surface area contributed by atoms with Crippen LogP contribution in [-0.4, -0.2) is 78.1 Å². The predicted octanol–water partition coefficient (Wildman–Crippen LogP) is 1.97. The molecule has 0 aliphatic carbocycles. The van der Waals surface area contributed by atoms with Gasteiger partial charge in [0, 0.05) is 29.5 Å². The summed E-state index contributed by atoms with van der Waals surface area (Å²) in [5.41, 5.74) is 1.38. The van der Waals surface area contributed by atoms with Crippen LogP contribution in [0.5, 0.6) is 17.2 Å². The fourth-order valence-corrected chi connectivity index (χ4v) is 3.41. The molecule has 0 radical (unpaired) electrons. The molecule has 142 valence electrons. The van der Waals surface area contributed by atoms with Crippen molar-refractivity contribution in [2.75, 3.05) is 14.2 Å². The van der Waals surface area contributed by atoms with Crippen molar-refractivity contribution >= 4 is 59.9 Å². The van der Waals surface area contributed by atoms with Crippen LogP contribution in [0.3, 0.4) is 0 Å². The van der Waals surface area contributed by atoms with Gasteiger partial charge in [-0.05, 0) is 12.1 Å². The molecule has 2 aromatic heterocycles. The molecular weight excluding hydrogens is 408 g/mol. The molecule has 0 fully saturated rings. The SMILES string of the molecule is COc1ccnc(C[S@+]([O-])c2nc3ccc(OC(F)F)cc3[nH]2)c1OC.[CaH2]. The molecule has 1 N–H and O–H groups in total. The molecule has 0 spiro atoms. The summed E-state index contributed by atoms with van der Waals surface area (Å²) < 4.78 is 52.1. The van der Waals surface area contributed by atoms with Crippen LogP contribution in [0.2, 0.25) is 0 Å². The van der Waals surface area contributed by atoms with Crippen molar-refractivity contribution in [3.8, 4) is 17.2 Å². The molecule has 0 saturated heterocycles. The third-order valence-corrected chi connectivity index (χ3v) is 4.67. The van der Waals surface area contributed by atoms with E-state index in [1.165, 1.54) is 38.6 Å². The number of imidazole rings is 1. The minimum absolute atomic E-state index is 0. The summed E-state index contributed by atoms with van der Waals surface area (Å²) in [5.74, 6) is 0.908. The van der Waals surface area contributed by atoms with Crippen LogP contribution in [0.15, 0.2) is 35.6 Å². The first-order chi connectivity index (χ1) is 12.5. The number of aromatic nitrogens is 3. The Bertz CT molecular complexity index is 913. The molecule has 0 saturated carbocycles. The quantitative estimate of drug-likeness (QED) is 0.460. The van der Waals surface area contributed by atoms with Gasteiger partial charge in [-0.15, -0.1) is 0 Å². The maximum absolute atomic E-state index is 12.6. The van der Waals surface area contributed by atoms with Crippen molar-refractivity contribution in [2.24, 2.45) is 0 Å². The Kier molecular flexibility index (Phi) is 7.92. The standard InChI is InChI=1S/C16H15F2N3O4S.Ca.2H/c1-23-13-5-6-19-12(14(13)24-2)8-26(22)16-20-10-4-3-9(25-15(17)18)7-11(10)21-16;;;/h3-7,15H,8H2,1-2H3,(H,20,21);;;/t26-;;;/m0.../s1. The van der Waals surface area contributed by atoms with Gasteiger partial charge in [0.1, 0.15) is 11.4 Å². The second-order valence-corrected chi connectivity index (χ2v) is 6.45. The van der Waals surface area contributed by atoms with Crippen LogP contribution in [-0.2, 0) is 16.9 Å². The van der Waals surface area contributed by atoms with Gasteiger partial charge in [-0.25, -0.2) is 0 Å². The molecule has 0 aliphatic heterocycles. The third-order valence-electron chi connectivity index (χ3n) is 3.51. The molecule has 1 atom stereocenters. The van der Waals surface area contributed by atoms with E-state index in [4.69, 9.17) is 9.47 Å². The first kappa shape index (κ1) is 22.0. The maximum atomic E-state index is 12.6. The first-order valence-corrected chi connectivity index (χ1v) is 8.72. The summed E-state index contributed by atoms with van der Waals surface area (Å²) in [5, 5.41) is 0.195. The number of nitrogens with zero attached hydrogens (tertiary/aromatic N) is 2. The topological polar surface area (TPSA) is 92.3 Å². The summed E-state index contributed by atoms with van der Waals surface area (Å²) in [6.07, 6.45) is 1.53. The zero-order chi connectivity index (χ0) is 18.7. The molecular formula is C16H17CaF2N3O4S. The van der Waals surface area contributed by atoms with Gasteiger partial charge >= 0.3 is 49.5 Å². The molecule has 0 unspecified atom stereocenters. The summed E-state index contributed by atoms with van der Waals surface area (Å²) in [7, 11) is 2.97. The normalized spacial score (nSPS) is 11.9. The number of benzene rings is 1. The molecule has 27 heavy (non-hydrogen) atoms. The Labute approximate surface area is 186 Å². The average molecular weight is 425 g/mol. The summed E-state index contributed by atoms with van der Waals surface area (Å²) in [4.78, 5) is 11.3. The van der Waals surface area contributed by atoms with Crippen LogP contribution < -0.4 is 14.2 Å². The molecule has 3 aromatic rings. The molecule has 0 amide bonds. The molecule has 0 bridgehead atoms. The van der Waals surface area contributed by atoms with Gasteiger partial charge in [-0.3, -0.25) is 9.97 Å². The average Bonchev–Trinajstić information content (AvgIpc) is 3.04. The van der Waals surface area contributed by atoms with Gasteiger partial charge in [0.2, 0.25) is 0 Å². The number of H-pyrrole nitrogens is 1. The second-order valence-electron chi connectivity index (χ2n) is 5.08. The van der Waals surface area contributed by atoms with E-state index in [0.717, 1.165) is 0 Å². The number of alkyl halides is 2. The molecule has 1 aromatic carbocycles. The van der Waals surface area contributed by atoms with Gasteiger partial charge in [0.05, 0.1) is 25.3 Å². The van der Waals surface area contributed by atoms with Crippen LogP contribution in [0, 0.1) is 0 Å². The van der Waals surface area contributed by atoms with Gasteiger partial charge < -0.3 is 18.8 Å². The monoisotopic (exact) mass is 425 g/mol. The van der Waals surface area contributed by atoms with E-state index in [2.05, 4.69) is 19.7 Å². The van der Waals surface area contributed by atoms with Gasteiger partial charge in [0.25, 0.3) is 0 Å². The van der Waals surface area contributed by atoms with E-state index in [0.29, 0.717) is 28.2 Å². The Hall–Kier alpha value is -1.33. The first-order valence-electron chi connectivity index (χ1n) is 7.40. The summed E-state index contributed by atoms with van der Waals surface area (Å²) in [6, 6.07) is 5.89. The van der Waals surface area contributed by atoms with E-state index in [9.17, 15) is 13.3 Å². The number of fused-ring (bicyclic) bond motifs is 1. The number of hydrogen-bond acceptors (Lipinski definition) is 6. The van der Waals surface area contributed by atoms with Crippen LogP contribution in [0.25, 0.3) is 11.0 Å². The summed E-state index contributed by atoms with van der Waals surface area (Å²) in [6.45, 7) is -2.92. The number of pyridine rings is 1. The van der Waals surface area contributed by atoms with E-state index >= 15 is 0 Å². The van der Waals surface area contributed by atoms with Gasteiger partial charge in [-0.2, -0.15) is 13.8 Å². The Balaban J connectivity index is 0.00000261. The van der Waals surface area contributed by atoms with Gasteiger partial charge in [-0.1, -0.05) is 0 Å². The van der Waals surface area contributed by atoms with E-state index in [1.807, 2.05) is 0 Å². The van der Waals surface area contributed by atoms with Crippen molar-refractivity contribution in [2.45, 2.75) is 17.5 Å². The van der Waals surface area contributed by atoms with Crippen molar-refractivity contribution in [3.63, 3.8) is 0 Å². The number of nitrogens with one attached hydrogen (secondary N) is 1. The minimum atomic E-state index is -2.92. The molecule has 11 heteroatoms. The number of methoxy groups -OCH3 is 2. The molecule has 2 heterocycles. The third kappa shape index (κ3) is 5.14. The fourth-order valence-electron chi connectivity index (χ4n) is 2.40.